The molecule has 5 nitrogen and oxygen atoms in total. The van der Waals surface area contributed by atoms with Gasteiger partial charge in [-0.15, -0.1) is 10.2 Å². The summed E-state index contributed by atoms with van der Waals surface area (Å²) in [6.07, 6.45) is 3.46. The van der Waals surface area contributed by atoms with Gasteiger partial charge in [-0.25, -0.2) is 0 Å². The van der Waals surface area contributed by atoms with Gasteiger partial charge in [0.2, 0.25) is 5.65 Å². The molecule has 0 atom stereocenters. The van der Waals surface area contributed by atoms with Crippen molar-refractivity contribution in [2.75, 3.05) is 0 Å². The molecule has 0 aromatic carbocycles. The van der Waals surface area contributed by atoms with Gasteiger partial charge in [0.25, 0.3) is 5.56 Å². The second-order valence-electron chi connectivity index (χ2n) is 2.66. The second-order valence-corrected chi connectivity index (χ2v) is 2.66. The van der Waals surface area contributed by atoms with E-state index >= 15 is 0 Å². The maximum absolute atomic E-state index is 11.4. The third-order valence-electron chi connectivity index (χ3n) is 1.82. The van der Waals surface area contributed by atoms with Crippen LogP contribution in [0.1, 0.15) is 5.82 Å². The van der Waals surface area contributed by atoms with Crippen LogP contribution in [-0.4, -0.2) is 19.2 Å². The van der Waals surface area contributed by atoms with Crippen LogP contribution in [0.2, 0.25) is 0 Å². The van der Waals surface area contributed by atoms with Crippen molar-refractivity contribution in [1.82, 2.24) is 19.2 Å². The molecule has 2 aromatic rings. The first-order chi connectivity index (χ1) is 5.70. The molecular formula is C7H8N4O. The molecule has 0 aliphatic carbocycles. The highest BCUT2D eigenvalue weighted by atomic mass is 16.1. The standard InChI is InChI=1S/C7H8N4O/c1-5-8-9-6-7(12)10(2)3-4-11(5)6/h3-4H,1-2H3. The minimum atomic E-state index is -0.127. The lowest BCUT2D eigenvalue weighted by molar-refractivity contribution is 0.838. The fraction of sp³-hybridized carbons (Fsp3) is 0.286. The van der Waals surface area contributed by atoms with E-state index in [1.807, 2.05) is 0 Å². The van der Waals surface area contributed by atoms with E-state index < -0.39 is 0 Å². The second kappa shape index (κ2) is 2.17. The van der Waals surface area contributed by atoms with Gasteiger partial charge in [0.05, 0.1) is 0 Å². The predicted molar refractivity (Wildman–Crippen MR) is 43.0 cm³/mol. The number of rotatable bonds is 0. The lowest BCUT2D eigenvalue weighted by Crippen LogP contribution is -2.18. The first-order valence-electron chi connectivity index (χ1n) is 3.57. The summed E-state index contributed by atoms with van der Waals surface area (Å²) in [6.45, 7) is 1.80. The Labute approximate surface area is 68.3 Å². The van der Waals surface area contributed by atoms with Crippen molar-refractivity contribution >= 4 is 5.65 Å². The Morgan fingerprint density at radius 1 is 1.33 bits per heavy atom. The van der Waals surface area contributed by atoms with E-state index in [1.165, 1.54) is 4.57 Å². The summed E-state index contributed by atoms with van der Waals surface area (Å²) in [5.41, 5.74) is 0.246. The molecule has 2 aromatic heterocycles. The number of aromatic nitrogens is 4. The lowest BCUT2D eigenvalue weighted by atomic mass is 10.6. The normalized spacial score (nSPS) is 10.8. The first-order valence-corrected chi connectivity index (χ1v) is 3.57. The smallest absolute Gasteiger partial charge is 0.295 e. The molecule has 0 saturated carbocycles. The third-order valence-corrected chi connectivity index (χ3v) is 1.82. The Bertz CT molecular complexity index is 482. The zero-order valence-corrected chi connectivity index (χ0v) is 6.85. The molecule has 2 heterocycles. The number of hydrogen-bond acceptors (Lipinski definition) is 3. The van der Waals surface area contributed by atoms with Crippen molar-refractivity contribution in [2.45, 2.75) is 6.92 Å². The summed E-state index contributed by atoms with van der Waals surface area (Å²) in [4.78, 5) is 11.4. The Morgan fingerprint density at radius 3 is 2.83 bits per heavy atom. The van der Waals surface area contributed by atoms with Crippen LogP contribution in [0.15, 0.2) is 17.2 Å². The van der Waals surface area contributed by atoms with Gasteiger partial charge < -0.3 is 4.57 Å². The number of nitrogens with zero attached hydrogens (tertiary/aromatic N) is 4. The van der Waals surface area contributed by atoms with Crippen LogP contribution in [0.5, 0.6) is 0 Å². The van der Waals surface area contributed by atoms with E-state index in [0.29, 0.717) is 5.65 Å². The van der Waals surface area contributed by atoms with E-state index in [-0.39, 0.29) is 5.56 Å². The van der Waals surface area contributed by atoms with Crippen molar-refractivity contribution < 1.29 is 0 Å². The number of aryl methyl sites for hydroxylation is 2. The van der Waals surface area contributed by atoms with Gasteiger partial charge in [0.15, 0.2) is 0 Å². The van der Waals surface area contributed by atoms with E-state index in [0.717, 1.165) is 5.82 Å². The summed E-state index contributed by atoms with van der Waals surface area (Å²) in [7, 11) is 1.69. The number of fused-ring (bicyclic) bond motifs is 1. The predicted octanol–water partition coefficient (Wildman–Crippen LogP) is -0.264. The van der Waals surface area contributed by atoms with Gasteiger partial charge in [-0.3, -0.25) is 9.20 Å². The van der Waals surface area contributed by atoms with Gasteiger partial charge in [-0.2, -0.15) is 0 Å². The summed E-state index contributed by atoms with van der Waals surface area (Å²) in [5.74, 6) is 0.725. The Morgan fingerprint density at radius 2 is 2.08 bits per heavy atom. The zero-order valence-electron chi connectivity index (χ0n) is 6.85. The molecule has 12 heavy (non-hydrogen) atoms. The molecule has 2 rings (SSSR count). The third kappa shape index (κ3) is 0.761. The summed E-state index contributed by atoms with van der Waals surface area (Å²) in [6, 6.07) is 0. The van der Waals surface area contributed by atoms with Crippen LogP contribution in [0, 0.1) is 6.92 Å². The largest absolute Gasteiger partial charge is 0.314 e. The van der Waals surface area contributed by atoms with E-state index in [9.17, 15) is 4.79 Å². The topological polar surface area (TPSA) is 52.2 Å². The van der Waals surface area contributed by atoms with Gasteiger partial charge in [0, 0.05) is 19.4 Å². The van der Waals surface area contributed by atoms with Crippen LogP contribution < -0.4 is 5.56 Å². The van der Waals surface area contributed by atoms with Crippen LogP contribution in [0.25, 0.3) is 5.65 Å². The van der Waals surface area contributed by atoms with Gasteiger partial charge in [-0.05, 0) is 6.92 Å². The van der Waals surface area contributed by atoms with Crippen molar-refractivity contribution in [3.8, 4) is 0 Å². The molecule has 62 valence electrons. The monoisotopic (exact) mass is 164 g/mol. The molecular weight excluding hydrogens is 156 g/mol. The maximum Gasteiger partial charge on any atom is 0.295 e. The molecule has 0 unspecified atom stereocenters. The average molecular weight is 164 g/mol. The van der Waals surface area contributed by atoms with E-state index in [4.69, 9.17) is 0 Å². The molecule has 0 N–H and O–H groups in total. The molecule has 0 radical (unpaired) electrons. The van der Waals surface area contributed by atoms with Crippen molar-refractivity contribution in [2.24, 2.45) is 7.05 Å². The maximum atomic E-state index is 11.4. The lowest BCUT2D eigenvalue weighted by Gasteiger charge is -1.96. The fourth-order valence-corrected chi connectivity index (χ4v) is 1.09. The zero-order chi connectivity index (χ0) is 8.72. The fourth-order valence-electron chi connectivity index (χ4n) is 1.09. The molecule has 0 saturated heterocycles. The molecule has 0 spiro atoms. The Balaban J connectivity index is 3.03. The number of hydrogen-bond donors (Lipinski definition) is 0. The molecule has 5 heteroatoms. The molecule has 0 aliphatic rings. The molecule has 0 amide bonds. The van der Waals surface area contributed by atoms with Gasteiger partial charge >= 0.3 is 0 Å². The molecule has 0 fully saturated rings. The van der Waals surface area contributed by atoms with Crippen LogP contribution >= 0.6 is 0 Å². The SMILES string of the molecule is Cc1nnc2c(=O)n(C)ccn12. The Kier molecular flexibility index (Phi) is 1.27. The van der Waals surface area contributed by atoms with Crippen LogP contribution in [0.4, 0.5) is 0 Å². The summed E-state index contributed by atoms with van der Waals surface area (Å²) >= 11 is 0. The first kappa shape index (κ1) is 7.02. The highest BCUT2D eigenvalue weighted by Crippen LogP contribution is 1.94. The van der Waals surface area contributed by atoms with Gasteiger partial charge in [-0.1, -0.05) is 0 Å². The minimum Gasteiger partial charge on any atom is -0.314 e. The Hall–Kier alpha value is -1.65. The highest BCUT2D eigenvalue weighted by molar-refractivity contribution is 5.34. The average Bonchev–Trinajstić information content (AvgIpc) is 2.41. The van der Waals surface area contributed by atoms with Crippen molar-refractivity contribution in [3.63, 3.8) is 0 Å². The van der Waals surface area contributed by atoms with Gasteiger partial charge in [0.1, 0.15) is 5.82 Å². The van der Waals surface area contributed by atoms with Crippen LogP contribution in [-0.2, 0) is 7.05 Å². The molecule has 0 aliphatic heterocycles. The van der Waals surface area contributed by atoms with E-state index in [1.54, 1.807) is 30.8 Å². The van der Waals surface area contributed by atoms with Crippen molar-refractivity contribution in [3.05, 3.63) is 28.6 Å². The quantitative estimate of drug-likeness (QED) is 0.539. The summed E-state index contributed by atoms with van der Waals surface area (Å²) < 4.78 is 3.14. The highest BCUT2D eigenvalue weighted by Gasteiger charge is 2.04. The van der Waals surface area contributed by atoms with Crippen molar-refractivity contribution in [1.29, 1.82) is 0 Å². The minimum absolute atomic E-state index is 0.127. The summed E-state index contributed by atoms with van der Waals surface area (Å²) in [5, 5.41) is 7.56. The van der Waals surface area contributed by atoms with E-state index in [2.05, 4.69) is 10.2 Å². The van der Waals surface area contributed by atoms with Crippen LogP contribution in [0.3, 0.4) is 0 Å². The molecule has 0 bridgehead atoms.